The summed E-state index contributed by atoms with van der Waals surface area (Å²) >= 11 is 0. The number of furan rings is 1. The van der Waals surface area contributed by atoms with Gasteiger partial charge in [-0.3, -0.25) is 0 Å². The van der Waals surface area contributed by atoms with E-state index in [1.165, 1.54) is 209 Å². The lowest BCUT2D eigenvalue weighted by atomic mass is 9.77. The summed E-state index contributed by atoms with van der Waals surface area (Å²) in [6.45, 7) is 9.63. The first-order valence-corrected chi connectivity index (χ1v) is 38.9. The van der Waals surface area contributed by atoms with Crippen LogP contribution < -0.4 is 0 Å². The molecule has 1 heterocycles. The third kappa shape index (κ3) is 9.88. The molecule has 0 spiro atoms. The summed E-state index contributed by atoms with van der Waals surface area (Å²) in [5.74, 6) is 0. The van der Waals surface area contributed by atoms with E-state index in [0.29, 0.717) is 0 Å². The van der Waals surface area contributed by atoms with Gasteiger partial charge in [-0.2, -0.15) is 0 Å². The maximum atomic E-state index is 6.17. The second-order valence-electron chi connectivity index (χ2n) is 31.5. The first kappa shape index (κ1) is 64.5. The van der Waals surface area contributed by atoms with Crippen molar-refractivity contribution in [3.05, 3.63) is 398 Å². The standard InChI is InChI=1S/C57H38O.C53H36/c1-57(2)55-41-19-4-3-14-35(41)28-30-49(55)48-26-13-25-42(56(48)57)38-16-12-18-40(33-38)54-46-23-7-5-21-44(46)53(45-22-6-8-24-47(45)54)39-17-11-15-36(32-39)37-29-31-52-50(34-37)43-20-9-10-27-51(43)58-52;1-53(2)51-38-19-6-4-15-34(38)29-31-48(51)47-27-12-24-39(52(47)53)35-16-11-17-36(32-35)49-43-20-7-9-22-45(43)50(46-23-10-8-21-44(46)49)42-26-13-25-40-37-18-5-3-14-33(37)28-30-41(40)42/h3-34H,1-2H3;3-32H,1-2H3. The maximum absolute atomic E-state index is 6.17. The number of hydrogen-bond donors (Lipinski definition) is 0. The van der Waals surface area contributed by atoms with E-state index in [2.05, 4.69) is 392 Å². The van der Waals surface area contributed by atoms with E-state index in [9.17, 15) is 0 Å². The van der Waals surface area contributed by atoms with E-state index in [1.807, 2.05) is 12.1 Å². The Kier molecular flexibility index (Phi) is 14.5. The molecule has 0 saturated heterocycles. The first-order chi connectivity index (χ1) is 54.6. The summed E-state index contributed by atoms with van der Waals surface area (Å²) in [6.07, 6.45) is 0. The van der Waals surface area contributed by atoms with E-state index < -0.39 is 0 Å². The minimum Gasteiger partial charge on any atom is -0.456 e. The van der Waals surface area contributed by atoms with Crippen molar-refractivity contribution in [3.63, 3.8) is 0 Å². The molecule has 111 heavy (non-hydrogen) atoms. The predicted octanol–water partition coefficient (Wildman–Crippen LogP) is 30.8. The van der Waals surface area contributed by atoms with Crippen LogP contribution in [0, 0.1) is 0 Å². The molecule has 21 aromatic rings. The van der Waals surface area contributed by atoms with Crippen LogP contribution >= 0.6 is 0 Å². The van der Waals surface area contributed by atoms with E-state index in [1.54, 1.807) is 0 Å². The summed E-state index contributed by atoms with van der Waals surface area (Å²) in [5, 5.41) is 22.8. The van der Waals surface area contributed by atoms with Crippen molar-refractivity contribution in [2.24, 2.45) is 0 Å². The molecular formula is C110H74O. The van der Waals surface area contributed by atoms with Crippen LogP contribution in [0.1, 0.15) is 49.9 Å². The SMILES string of the molecule is CC1(C)c2c(-c3cccc(-c4c5ccccc5c(-c5cccc(-c6ccc7oc8ccccc8c7c6)c5)c5ccccc45)c3)cccc2-c2ccc3ccccc3c21.CC1(C)c2c(-c3cccc(-c4c5ccccc5c(-c5cccc6c5ccc5ccccc56)c5ccccc45)c3)cccc2-c2ccc3ccccc3c21. The molecule has 0 radical (unpaired) electrons. The van der Waals surface area contributed by atoms with Gasteiger partial charge in [0.1, 0.15) is 11.2 Å². The quantitative estimate of drug-likeness (QED) is 0.114. The van der Waals surface area contributed by atoms with Crippen LogP contribution in [-0.4, -0.2) is 0 Å². The Bertz CT molecular complexity index is 7410. The van der Waals surface area contributed by atoms with Crippen LogP contribution in [0.5, 0.6) is 0 Å². The second kappa shape index (κ2) is 24.9. The zero-order chi connectivity index (χ0) is 73.8. The number of rotatable bonds is 7. The zero-order valence-electron chi connectivity index (χ0n) is 62.2. The summed E-state index contributed by atoms with van der Waals surface area (Å²) in [4.78, 5) is 0. The predicted molar refractivity (Wildman–Crippen MR) is 473 cm³/mol. The van der Waals surface area contributed by atoms with Gasteiger partial charge in [0.05, 0.1) is 0 Å². The van der Waals surface area contributed by atoms with E-state index in [-0.39, 0.29) is 10.8 Å². The van der Waals surface area contributed by atoms with Crippen molar-refractivity contribution in [1.82, 2.24) is 0 Å². The highest BCUT2D eigenvalue weighted by Crippen LogP contribution is 2.58. The van der Waals surface area contributed by atoms with Gasteiger partial charge in [-0.15, -0.1) is 0 Å². The molecule has 23 rings (SSSR count). The molecule has 0 amide bonds. The molecular weight excluding hydrogens is 1340 g/mol. The summed E-state index contributed by atoms with van der Waals surface area (Å²) in [7, 11) is 0. The molecule has 0 fully saturated rings. The highest BCUT2D eigenvalue weighted by Gasteiger charge is 2.41. The topological polar surface area (TPSA) is 13.1 Å². The van der Waals surface area contributed by atoms with Gasteiger partial charge in [-0.05, 0) is 245 Å². The first-order valence-electron chi connectivity index (χ1n) is 38.9. The zero-order valence-corrected chi connectivity index (χ0v) is 62.2. The van der Waals surface area contributed by atoms with Crippen LogP contribution in [0.4, 0.5) is 0 Å². The highest BCUT2D eigenvalue weighted by molar-refractivity contribution is 6.26. The third-order valence-electron chi connectivity index (χ3n) is 24.8. The molecule has 2 aliphatic carbocycles. The number of para-hydroxylation sites is 1. The highest BCUT2D eigenvalue weighted by atomic mass is 16.3. The van der Waals surface area contributed by atoms with Gasteiger partial charge in [0, 0.05) is 21.6 Å². The largest absolute Gasteiger partial charge is 0.456 e. The van der Waals surface area contributed by atoms with Gasteiger partial charge in [-0.1, -0.05) is 367 Å². The fourth-order valence-electron chi connectivity index (χ4n) is 20.2. The maximum Gasteiger partial charge on any atom is 0.135 e. The van der Waals surface area contributed by atoms with Gasteiger partial charge in [0.15, 0.2) is 0 Å². The minimum atomic E-state index is -0.161. The van der Waals surface area contributed by atoms with E-state index in [0.717, 1.165) is 21.9 Å². The Hall–Kier alpha value is -13.7. The lowest BCUT2D eigenvalue weighted by Crippen LogP contribution is -2.16. The molecule has 0 unspecified atom stereocenters. The van der Waals surface area contributed by atoms with Crippen molar-refractivity contribution in [2.45, 2.75) is 38.5 Å². The van der Waals surface area contributed by atoms with E-state index >= 15 is 0 Å². The van der Waals surface area contributed by atoms with Crippen LogP contribution in [0.15, 0.2) is 381 Å². The van der Waals surface area contributed by atoms with Crippen LogP contribution in [0.3, 0.4) is 0 Å². The summed E-state index contributed by atoms with van der Waals surface area (Å²) in [6, 6.07) is 139. The molecule has 1 nitrogen and oxygen atoms in total. The Morgan fingerprint density at radius 3 is 0.964 bits per heavy atom. The molecule has 520 valence electrons. The van der Waals surface area contributed by atoms with Crippen LogP contribution in [-0.2, 0) is 10.8 Å². The van der Waals surface area contributed by atoms with Crippen LogP contribution in [0.2, 0.25) is 0 Å². The molecule has 1 heteroatoms. The third-order valence-corrected chi connectivity index (χ3v) is 24.8. The van der Waals surface area contributed by atoms with Crippen molar-refractivity contribution >= 4 is 108 Å². The summed E-state index contributed by atoms with van der Waals surface area (Å²) < 4.78 is 6.17. The lowest BCUT2D eigenvalue weighted by Gasteiger charge is -2.26. The van der Waals surface area contributed by atoms with Gasteiger partial charge in [0.25, 0.3) is 0 Å². The molecule has 0 aliphatic heterocycles. The summed E-state index contributed by atoms with van der Waals surface area (Å²) in [5.41, 5.74) is 30.1. The van der Waals surface area contributed by atoms with Gasteiger partial charge >= 0.3 is 0 Å². The van der Waals surface area contributed by atoms with Crippen molar-refractivity contribution in [1.29, 1.82) is 0 Å². The minimum absolute atomic E-state index is 0.150. The molecule has 0 N–H and O–H groups in total. The Labute approximate surface area is 645 Å². The monoisotopic (exact) mass is 1410 g/mol. The smallest absolute Gasteiger partial charge is 0.135 e. The molecule has 0 bridgehead atoms. The Balaban J connectivity index is 0.000000137. The number of hydrogen-bond acceptors (Lipinski definition) is 1. The second-order valence-corrected chi connectivity index (χ2v) is 31.5. The molecule has 2 aliphatic rings. The lowest BCUT2D eigenvalue weighted by molar-refractivity contribution is 0.668. The van der Waals surface area contributed by atoms with Gasteiger partial charge in [-0.25, -0.2) is 0 Å². The number of fused-ring (bicyclic) bond motifs is 20. The Morgan fingerprint density at radius 2 is 0.477 bits per heavy atom. The fraction of sp³-hybridized carbons (Fsp3) is 0.0545. The van der Waals surface area contributed by atoms with Crippen LogP contribution in [0.25, 0.3) is 208 Å². The fourth-order valence-corrected chi connectivity index (χ4v) is 20.2. The molecule has 0 saturated carbocycles. The van der Waals surface area contributed by atoms with Gasteiger partial charge in [0.2, 0.25) is 0 Å². The van der Waals surface area contributed by atoms with E-state index in [4.69, 9.17) is 4.42 Å². The van der Waals surface area contributed by atoms with Crippen molar-refractivity contribution in [3.8, 4) is 100 Å². The number of benzene rings is 20. The molecule has 0 atom stereocenters. The Morgan fingerprint density at radius 1 is 0.162 bits per heavy atom. The normalized spacial score (nSPS) is 13.2. The van der Waals surface area contributed by atoms with Gasteiger partial charge < -0.3 is 4.42 Å². The average molecular weight is 1410 g/mol. The molecule has 1 aromatic heterocycles. The molecule has 20 aromatic carbocycles. The van der Waals surface area contributed by atoms with Crippen molar-refractivity contribution in [2.75, 3.05) is 0 Å². The van der Waals surface area contributed by atoms with Crippen molar-refractivity contribution < 1.29 is 4.42 Å². The average Bonchev–Trinajstić information content (AvgIpc) is 1.65.